The molecule has 1 fully saturated rings. The molecule has 1 saturated heterocycles. The van der Waals surface area contributed by atoms with Crippen molar-refractivity contribution in [2.45, 2.75) is 50.5 Å². The van der Waals surface area contributed by atoms with Gasteiger partial charge in [0.1, 0.15) is 6.61 Å². The van der Waals surface area contributed by atoms with Crippen molar-refractivity contribution in [1.82, 2.24) is 9.97 Å². The van der Waals surface area contributed by atoms with Gasteiger partial charge in [0.05, 0.1) is 11.4 Å². The number of H-pyrrole nitrogens is 1. The Labute approximate surface area is 204 Å². The molecule has 2 aliphatic heterocycles. The zero-order valence-corrected chi connectivity index (χ0v) is 19.8. The van der Waals surface area contributed by atoms with Crippen LogP contribution in [-0.2, 0) is 29.6 Å². The van der Waals surface area contributed by atoms with Crippen LogP contribution in [0, 0.1) is 0 Å². The molecule has 6 rings (SSSR count). The van der Waals surface area contributed by atoms with Crippen LogP contribution < -0.4 is 15.4 Å². The summed E-state index contributed by atoms with van der Waals surface area (Å²) in [6.45, 7) is 2.43. The maximum atomic E-state index is 13.1. The van der Waals surface area contributed by atoms with Crippen molar-refractivity contribution in [3.05, 3.63) is 87.3 Å². The fourth-order valence-electron chi connectivity index (χ4n) is 5.90. The molecule has 1 aromatic heterocycles. The first-order valence-corrected chi connectivity index (χ1v) is 12.6. The number of nitrogens with one attached hydrogen (secondary N) is 1. The molecule has 3 heterocycles. The molecule has 0 atom stereocenters. The number of aromatic nitrogens is 2. The molecule has 7 heteroatoms. The van der Waals surface area contributed by atoms with E-state index in [0.29, 0.717) is 12.5 Å². The molecular weight excluding hydrogens is 440 g/mol. The lowest BCUT2D eigenvalue weighted by Gasteiger charge is -2.40. The van der Waals surface area contributed by atoms with E-state index < -0.39 is 0 Å². The van der Waals surface area contributed by atoms with Crippen molar-refractivity contribution in [1.29, 1.82) is 0 Å². The molecule has 35 heavy (non-hydrogen) atoms. The number of piperidine rings is 1. The Morgan fingerprint density at radius 2 is 1.74 bits per heavy atom. The molecule has 1 N–H and O–H groups in total. The monoisotopic (exact) mass is 470 g/mol. The summed E-state index contributed by atoms with van der Waals surface area (Å²) < 4.78 is 5.69. The van der Waals surface area contributed by atoms with Crippen LogP contribution in [0.25, 0.3) is 0 Å². The number of aromatic amines is 1. The predicted molar refractivity (Wildman–Crippen MR) is 135 cm³/mol. The summed E-state index contributed by atoms with van der Waals surface area (Å²) in [6, 6.07) is 18.0. The molecule has 1 spiro atoms. The van der Waals surface area contributed by atoms with E-state index in [4.69, 9.17) is 9.72 Å². The van der Waals surface area contributed by atoms with Crippen LogP contribution in [0.3, 0.4) is 0 Å². The van der Waals surface area contributed by atoms with Gasteiger partial charge in [0.2, 0.25) is 5.95 Å². The van der Waals surface area contributed by atoms with Gasteiger partial charge < -0.3 is 9.64 Å². The summed E-state index contributed by atoms with van der Waals surface area (Å²) >= 11 is 0. The highest BCUT2D eigenvalue weighted by Gasteiger charge is 2.47. The Morgan fingerprint density at radius 3 is 2.57 bits per heavy atom. The predicted octanol–water partition coefficient (Wildman–Crippen LogP) is 4.34. The molecule has 180 valence electrons. The fraction of sp³-hybridized carbons (Fsp3) is 0.393. The summed E-state index contributed by atoms with van der Waals surface area (Å²) in [5.41, 5.74) is 4.86. The van der Waals surface area contributed by atoms with E-state index in [0.717, 1.165) is 74.1 Å². The van der Waals surface area contributed by atoms with Gasteiger partial charge in [0.15, 0.2) is 0 Å². The highest BCUT2D eigenvalue weighted by atomic mass is 16.6. The lowest BCUT2D eigenvalue weighted by atomic mass is 9.74. The van der Waals surface area contributed by atoms with Crippen molar-refractivity contribution < 1.29 is 9.53 Å². The Bertz CT molecular complexity index is 1300. The van der Waals surface area contributed by atoms with Crippen molar-refractivity contribution in [3.8, 4) is 0 Å². The van der Waals surface area contributed by atoms with Crippen molar-refractivity contribution >= 4 is 17.7 Å². The molecule has 3 aromatic rings. The number of anilines is 2. The molecule has 7 nitrogen and oxygen atoms in total. The van der Waals surface area contributed by atoms with Gasteiger partial charge >= 0.3 is 6.09 Å². The van der Waals surface area contributed by atoms with Crippen LogP contribution in [0.1, 0.15) is 48.1 Å². The molecule has 0 unspecified atom stereocenters. The number of amides is 1. The first kappa shape index (κ1) is 21.9. The summed E-state index contributed by atoms with van der Waals surface area (Å²) in [5, 5.41) is 0. The highest BCUT2D eigenvalue weighted by molar-refractivity contribution is 5.91. The van der Waals surface area contributed by atoms with Gasteiger partial charge in [0.25, 0.3) is 5.56 Å². The summed E-state index contributed by atoms with van der Waals surface area (Å²) in [4.78, 5) is 37.6. The highest BCUT2D eigenvalue weighted by Crippen LogP contribution is 2.47. The maximum absolute atomic E-state index is 13.1. The van der Waals surface area contributed by atoms with Crippen LogP contribution in [-0.4, -0.2) is 35.7 Å². The average molecular weight is 471 g/mol. The lowest BCUT2D eigenvalue weighted by molar-refractivity contribution is 0.146. The molecule has 0 bridgehead atoms. The quantitative estimate of drug-likeness (QED) is 0.616. The van der Waals surface area contributed by atoms with E-state index in [2.05, 4.69) is 16.0 Å². The van der Waals surface area contributed by atoms with Gasteiger partial charge in [-0.15, -0.1) is 0 Å². The minimum Gasteiger partial charge on any atom is -0.444 e. The van der Waals surface area contributed by atoms with Crippen LogP contribution in [0.2, 0.25) is 0 Å². The molecule has 1 amide bonds. The van der Waals surface area contributed by atoms with Gasteiger partial charge in [-0.25, -0.2) is 9.78 Å². The minimum absolute atomic E-state index is 0.0172. The van der Waals surface area contributed by atoms with E-state index in [1.807, 2.05) is 48.5 Å². The normalized spacial score (nSPS) is 18.3. The van der Waals surface area contributed by atoms with E-state index in [9.17, 15) is 9.59 Å². The van der Waals surface area contributed by atoms with Gasteiger partial charge in [-0.1, -0.05) is 48.5 Å². The first-order chi connectivity index (χ1) is 17.1. The van der Waals surface area contributed by atoms with Crippen LogP contribution in [0.4, 0.5) is 16.4 Å². The number of carbonyl (C=O) groups is 1. The van der Waals surface area contributed by atoms with Crippen molar-refractivity contribution in [2.75, 3.05) is 29.4 Å². The van der Waals surface area contributed by atoms with Crippen LogP contribution in [0.5, 0.6) is 0 Å². The minimum atomic E-state index is -0.304. The SMILES string of the molecule is O=C(OCc1ccccc1)N1CC2(CCN(c3nc4c(c(=O)[nH]3)CCCC4)CC2)c2ccccc21. The third kappa shape index (κ3) is 3.99. The van der Waals surface area contributed by atoms with E-state index in [1.54, 1.807) is 4.90 Å². The van der Waals surface area contributed by atoms with E-state index in [-0.39, 0.29) is 23.7 Å². The second kappa shape index (κ2) is 8.87. The Balaban J connectivity index is 1.19. The number of rotatable bonds is 3. The zero-order chi connectivity index (χ0) is 23.8. The van der Waals surface area contributed by atoms with Crippen LogP contribution in [0.15, 0.2) is 59.4 Å². The summed E-state index contributed by atoms with van der Waals surface area (Å²) in [6.07, 6.45) is 5.33. The largest absolute Gasteiger partial charge is 0.444 e. The maximum Gasteiger partial charge on any atom is 0.414 e. The van der Waals surface area contributed by atoms with Crippen molar-refractivity contribution in [3.63, 3.8) is 0 Å². The molecular formula is C28H30N4O3. The number of ether oxygens (including phenoxy) is 1. The summed E-state index contributed by atoms with van der Waals surface area (Å²) in [5.74, 6) is 0.691. The average Bonchev–Trinajstić information content (AvgIpc) is 3.22. The third-order valence-electron chi connectivity index (χ3n) is 7.85. The summed E-state index contributed by atoms with van der Waals surface area (Å²) in [7, 11) is 0. The zero-order valence-electron chi connectivity index (χ0n) is 19.8. The van der Waals surface area contributed by atoms with E-state index in [1.165, 1.54) is 5.56 Å². The number of fused-ring (bicyclic) bond motifs is 3. The lowest BCUT2D eigenvalue weighted by Crippen LogP contribution is -2.47. The van der Waals surface area contributed by atoms with Gasteiger partial charge in [-0.05, 0) is 55.7 Å². The van der Waals surface area contributed by atoms with Gasteiger partial charge in [-0.3, -0.25) is 14.7 Å². The molecule has 2 aromatic carbocycles. The molecule has 0 radical (unpaired) electrons. The first-order valence-electron chi connectivity index (χ1n) is 12.6. The van der Waals surface area contributed by atoms with Gasteiger partial charge in [-0.2, -0.15) is 0 Å². The second-order valence-corrected chi connectivity index (χ2v) is 9.93. The molecule has 3 aliphatic rings. The number of aryl methyl sites for hydroxylation is 1. The third-order valence-corrected chi connectivity index (χ3v) is 7.85. The fourth-order valence-corrected chi connectivity index (χ4v) is 5.90. The number of nitrogens with zero attached hydrogens (tertiary/aromatic N) is 3. The number of hydrogen-bond donors (Lipinski definition) is 1. The van der Waals surface area contributed by atoms with E-state index >= 15 is 0 Å². The number of carbonyl (C=O) groups excluding carboxylic acids is 1. The smallest absolute Gasteiger partial charge is 0.414 e. The Hall–Kier alpha value is -3.61. The number of hydrogen-bond acceptors (Lipinski definition) is 5. The number of benzene rings is 2. The number of para-hydroxylation sites is 1. The van der Waals surface area contributed by atoms with Crippen LogP contribution >= 0.6 is 0 Å². The standard InChI is InChI=1S/C28H30N4O3/c33-25-21-10-4-6-12-23(21)29-26(30-25)31-16-14-28(15-17-31)19-32(24-13-7-5-11-22(24)28)27(34)35-18-20-8-2-1-3-9-20/h1-3,5,7-9,11,13H,4,6,10,12,14-19H2,(H,29,30,33). The van der Waals surface area contributed by atoms with Gasteiger partial charge in [0, 0.05) is 30.6 Å². The molecule has 1 aliphatic carbocycles. The Kier molecular flexibility index (Phi) is 5.55. The van der Waals surface area contributed by atoms with Crippen molar-refractivity contribution in [2.24, 2.45) is 0 Å². The molecule has 0 saturated carbocycles. The Morgan fingerprint density at radius 1 is 1.00 bits per heavy atom. The second-order valence-electron chi connectivity index (χ2n) is 9.93. The topological polar surface area (TPSA) is 78.5 Å².